The van der Waals surface area contributed by atoms with E-state index in [0.717, 1.165) is 37.7 Å². The zero-order chi connectivity index (χ0) is 16.8. The van der Waals surface area contributed by atoms with E-state index in [0.29, 0.717) is 5.41 Å². The largest absolute Gasteiger partial charge is 0.357 e. The molecule has 1 spiro atoms. The van der Waals surface area contributed by atoms with Crippen LogP contribution in [0.4, 0.5) is 0 Å². The van der Waals surface area contributed by atoms with E-state index in [1.165, 1.54) is 50.6 Å². The lowest BCUT2D eigenvalue weighted by atomic mass is 9.73. The topological polar surface area (TPSA) is 40.5 Å². The van der Waals surface area contributed by atoms with Crippen LogP contribution in [0, 0.1) is 12.3 Å². The Labute approximate surface area is 146 Å². The second-order valence-electron chi connectivity index (χ2n) is 7.53. The molecule has 1 aliphatic heterocycles. The summed E-state index contributed by atoms with van der Waals surface area (Å²) >= 11 is 0. The van der Waals surface area contributed by atoms with Crippen LogP contribution in [0.25, 0.3) is 0 Å². The molecule has 2 aliphatic rings. The fraction of sp³-hybridized carbons (Fsp3) is 0.700. The number of hydrogen-bond acceptors (Lipinski definition) is 2. The van der Waals surface area contributed by atoms with Crippen LogP contribution in [0.2, 0.25) is 0 Å². The van der Waals surface area contributed by atoms with Crippen LogP contribution < -0.4 is 5.32 Å². The highest BCUT2D eigenvalue weighted by molar-refractivity contribution is 5.80. The Morgan fingerprint density at radius 3 is 2.79 bits per heavy atom. The van der Waals surface area contributed by atoms with E-state index in [4.69, 9.17) is 4.99 Å². The van der Waals surface area contributed by atoms with Crippen molar-refractivity contribution in [3.63, 3.8) is 0 Å². The van der Waals surface area contributed by atoms with Crippen molar-refractivity contribution >= 4 is 5.96 Å². The van der Waals surface area contributed by atoms with Gasteiger partial charge in [0, 0.05) is 38.1 Å². The summed E-state index contributed by atoms with van der Waals surface area (Å²) in [5.41, 5.74) is 2.92. The Morgan fingerprint density at radius 2 is 2.08 bits per heavy atom. The number of hydrogen-bond donors (Lipinski definition) is 1. The lowest BCUT2D eigenvalue weighted by Crippen LogP contribution is -2.41. The van der Waals surface area contributed by atoms with Crippen LogP contribution in [0.5, 0.6) is 0 Å². The van der Waals surface area contributed by atoms with Crippen molar-refractivity contribution in [2.45, 2.75) is 58.8 Å². The SMILES string of the molecule is CCNC(=NCCc1ccc(C)nc1)N1CCC2(CCCCC2)C1. The number of aliphatic imine (C=N–C) groups is 1. The van der Waals surface area contributed by atoms with Crippen LogP contribution in [0.1, 0.15) is 56.7 Å². The van der Waals surface area contributed by atoms with Gasteiger partial charge in [-0.25, -0.2) is 0 Å². The van der Waals surface area contributed by atoms with E-state index in [2.05, 4.69) is 34.3 Å². The Bertz CT molecular complexity index is 543. The van der Waals surface area contributed by atoms with Gasteiger partial charge in [0.1, 0.15) is 0 Å². The zero-order valence-corrected chi connectivity index (χ0v) is 15.4. The molecule has 1 aromatic heterocycles. The van der Waals surface area contributed by atoms with E-state index in [1.807, 2.05) is 13.1 Å². The Morgan fingerprint density at radius 1 is 1.25 bits per heavy atom. The number of rotatable bonds is 4. The molecule has 24 heavy (non-hydrogen) atoms. The molecular formula is C20H32N4. The average molecular weight is 329 g/mol. The lowest BCUT2D eigenvalue weighted by Gasteiger charge is -2.33. The van der Waals surface area contributed by atoms with Gasteiger partial charge in [-0.05, 0) is 56.6 Å². The molecule has 3 rings (SSSR count). The predicted molar refractivity (Wildman–Crippen MR) is 100 cm³/mol. The van der Waals surface area contributed by atoms with Crippen molar-refractivity contribution in [1.29, 1.82) is 0 Å². The minimum atomic E-state index is 0.579. The Kier molecular flexibility index (Phi) is 5.75. The number of aromatic nitrogens is 1. The van der Waals surface area contributed by atoms with E-state index >= 15 is 0 Å². The first kappa shape index (κ1) is 17.2. The third kappa shape index (κ3) is 4.28. The number of nitrogens with zero attached hydrogens (tertiary/aromatic N) is 3. The molecule has 1 saturated carbocycles. The van der Waals surface area contributed by atoms with Gasteiger partial charge in [0.05, 0.1) is 0 Å². The summed E-state index contributed by atoms with van der Waals surface area (Å²) in [4.78, 5) is 11.8. The van der Waals surface area contributed by atoms with Crippen LogP contribution in [-0.4, -0.2) is 42.0 Å². The predicted octanol–water partition coefficient (Wildman–Crippen LogP) is 3.55. The van der Waals surface area contributed by atoms with Crippen LogP contribution >= 0.6 is 0 Å². The maximum Gasteiger partial charge on any atom is 0.193 e. The van der Waals surface area contributed by atoms with Crippen molar-refractivity contribution in [3.05, 3.63) is 29.6 Å². The maximum absolute atomic E-state index is 4.89. The fourth-order valence-corrected chi connectivity index (χ4v) is 4.19. The number of pyridine rings is 1. The van der Waals surface area contributed by atoms with Gasteiger partial charge < -0.3 is 10.2 Å². The molecule has 1 aromatic rings. The molecule has 0 unspecified atom stereocenters. The molecule has 1 N–H and O–H groups in total. The monoisotopic (exact) mass is 328 g/mol. The second-order valence-corrected chi connectivity index (χ2v) is 7.53. The minimum Gasteiger partial charge on any atom is -0.357 e. The van der Waals surface area contributed by atoms with Gasteiger partial charge in [-0.3, -0.25) is 9.98 Å². The zero-order valence-electron chi connectivity index (χ0n) is 15.4. The van der Waals surface area contributed by atoms with Crippen molar-refractivity contribution in [1.82, 2.24) is 15.2 Å². The highest BCUT2D eigenvalue weighted by Crippen LogP contribution is 2.43. The quantitative estimate of drug-likeness (QED) is 0.679. The molecule has 4 heteroatoms. The summed E-state index contributed by atoms with van der Waals surface area (Å²) in [6.07, 6.45) is 11.4. The van der Waals surface area contributed by atoms with Gasteiger partial charge in [0.15, 0.2) is 5.96 Å². The first-order valence-corrected chi connectivity index (χ1v) is 9.66. The highest BCUT2D eigenvalue weighted by Gasteiger charge is 2.39. The van der Waals surface area contributed by atoms with Crippen LogP contribution in [0.15, 0.2) is 23.3 Å². The molecule has 2 heterocycles. The molecule has 0 bridgehead atoms. The highest BCUT2D eigenvalue weighted by atomic mass is 15.3. The van der Waals surface area contributed by atoms with E-state index in [1.54, 1.807) is 0 Å². The molecule has 4 nitrogen and oxygen atoms in total. The fourth-order valence-electron chi connectivity index (χ4n) is 4.19. The molecule has 0 radical (unpaired) electrons. The standard InChI is InChI=1S/C20H32N4/c1-3-21-19(22-13-9-18-8-7-17(2)23-15-18)24-14-12-20(16-24)10-5-4-6-11-20/h7-8,15H,3-6,9-14,16H2,1-2H3,(H,21,22). The molecule has 1 saturated heterocycles. The summed E-state index contributed by atoms with van der Waals surface area (Å²) < 4.78 is 0. The molecule has 132 valence electrons. The Hall–Kier alpha value is -1.58. The molecule has 2 fully saturated rings. The summed E-state index contributed by atoms with van der Waals surface area (Å²) in [5.74, 6) is 1.11. The van der Waals surface area contributed by atoms with Crippen molar-refractivity contribution in [3.8, 4) is 0 Å². The normalized spacial score (nSPS) is 20.6. The van der Waals surface area contributed by atoms with E-state index in [9.17, 15) is 0 Å². The minimum absolute atomic E-state index is 0.579. The third-order valence-electron chi connectivity index (χ3n) is 5.62. The van der Waals surface area contributed by atoms with Gasteiger partial charge in [0.25, 0.3) is 0 Å². The maximum atomic E-state index is 4.89. The molecule has 0 amide bonds. The van der Waals surface area contributed by atoms with Gasteiger partial charge in [-0.2, -0.15) is 0 Å². The summed E-state index contributed by atoms with van der Waals surface area (Å²) in [5, 5.41) is 3.50. The van der Waals surface area contributed by atoms with Gasteiger partial charge in [-0.15, -0.1) is 0 Å². The van der Waals surface area contributed by atoms with Gasteiger partial charge in [0.2, 0.25) is 0 Å². The first-order chi connectivity index (χ1) is 11.7. The lowest BCUT2D eigenvalue weighted by molar-refractivity contribution is 0.203. The third-order valence-corrected chi connectivity index (χ3v) is 5.62. The van der Waals surface area contributed by atoms with Crippen molar-refractivity contribution < 1.29 is 0 Å². The number of nitrogens with one attached hydrogen (secondary N) is 1. The smallest absolute Gasteiger partial charge is 0.193 e. The second kappa shape index (κ2) is 8.00. The Balaban J connectivity index is 1.58. The number of aryl methyl sites for hydroxylation is 1. The van der Waals surface area contributed by atoms with E-state index in [-0.39, 0.29) is 0 Å². The van der Waals surface area contributed by atoms with E-state index < -0.39 is 0 Å². The van der Waals surface area contributed by atoms with Crippen molar-refractivity contribution in [2.75, 3.05) is 26.2 Å². The first-order valence-electron chi connectivity index (χ1n) is 9.66. The molecule has 0 atom stereocenters. The average Bonchev–Trinajstić information content (AvgIpc) is 3.00. The number of likely N-dealkylation sites (tertiary alicyclic amines) is 1. The van der Waals surface area contributed by atoms with Crippen molar-refractivity contribution in [2.24, 2.45) is 10.4 Å². The van der Waals surface area contributed by atoms with Crippen LogP contribution in [0.3, 0.4) is 0 Å². The summed E-state index contributed by atoms with van der Waals surface area (Å²) in [7, 11) is 0. The number of guanidine groups is 1. The molecule has 1 aliphatic carbocycles. The van der Waals surface area contributed by atoms with Gasteiger partial charge >= 0.3 is 0 Å². The molecular weight excluding hydrogens is 296 g/mol. The van der Waals surface area contributed by atoms with Crippen LogP contribution in [-0.2, 0) is 6.42 Å². The summed E-state index contributed by atoms with van der Waals surface area (Å²) in [6.45, 7) is 8.32. The van der Waals surface area contributed by atoms with Gasteiger partial charge in [-0.1, -0.05) is 25.3 Å². The molecule has 0 aromatic carbocycles. The summed E-state index contributed by atoms with van der Waals surface area (Å²) in [6, 6.07) is 4.25.